The minimum atomic E-state index is -4.42. The van der Waals surface area contributed by atoms with Crippen molar-refractivity contribution in [1.82, 2.24) is 15.3 Å². The van der Waals surface area contributed by atoms with Gasteiger partial charge in [0.15, 0.2) is 0 Å². The second-order valence-corrected chi connectivity index (χ2v) is 6.27. The first-order chi connectivity index (χ1) is 13.4. The highest BCUT2D eigenvalue weighted by Crippen LogP contribution is 2.31. The van der Waals surface area contributed by atoms with Crippen molar-refractivity contribution in [1.29, 1.82) is 0 Å². The number of hydrogen-bond donors (Lipinski definition) is 1. The number of amides is 1. The number of aromatic nitrogens is 2. The fourth-order valence-electron chi connectivity index (χ4n) is 3.00. The summed E-state index contributed by atoms with van der Waals surface area (Å²) >= 11 is 0. The molecule has 0 radical (unpaired) electrons. The molecule has 0 aliphatic rings. The summed E-state index contributed by atoms with van der Waals surface area (Å²) in [4.78, 5) is 20.9. The van der Waals surface area contributed by atoms with Gasteiger partial charge in [0.1, 0.15) is 5.69 Å². The summed E-state index contributed by atoms with van der Waals surface area (Å²) in [5, 5.41) is 4.07. The van der Waals surface area contributed by atoms with E-state index in [9.17, 15) is 18.0 Å². The number of nitrogens with one attached hydrogen (secondary N) is 1. The highest BCUT2D eigenvalue weighted by molar-refractivity contribution is 5.95. The van der Waals surface area contributed by atoms with Crippen molar-refractivity contribution in [2.75, 3.05) is 0 Å². The quantitative estimate of drug-likeness (QED) is 0.558. The van der Waals surface area contributed by atoms with Crippen molar-refractivity contribution in [2.24, 2.45) is 0 Å². The van der Waals surface area contributed by atoms with E-state index in [0.29, 0.717) is 10.9 Å². The van der Waals surface area contributed by atoms with E-state index in [1.54, 1.807) is 6.20 Å². The molecule has 0 aliphatic heterocycles. The summed E-state index contributed by atoms with van der Waals surface area (Å²) in [7, 11) is 0. The van der Waals surface area contributed by atoms with E-state index in [0.717, 1.165) is 28.6 Å². The Morgan fingerprint density at radius 1 is 0.964 bits per heavy atom. The van der Waals surface area contributed by atoms with Gasteiger partial charge in [-0.15, -0.1) is 0 Å². The Morgan fingerprint density at radius 2 is 1.79 bits per heavy atom. The van der Waals surface area contributed by atoms with Crippen LogP contribution in [-0.2, 0) is 12.7 Å². The zero-order valence-electron chi connectivity index (χ0n) is 14.5. The third kappa shape index (κ3) is 3.51. The smallest absolute Gasteiger partial charge is 0.347 e. The van der Waals surface area contributed by atoms with Crippen LogP contribution in [0.3, 0.4) is 0 Å². The molecule has 0 spiro atoms. The maximum Gasteiger partial charge on any atom is 0.416 e. The second kappa shape index (κ2) is 6.92. The first-order valence-electron chi connectivity index (χ1n) is 8.51. The van der Waals surface area contributed by atoms with Crippen LogP contribution < -0.4 is 5.32 Å². The van der Waals surface area contributed by atoms with Crippen LogP contribution in [0, 0.1) is 0 Å². The van der Waals surface area contributed by atoms with E-state index >= 15 is 0 Å². The number of carbonyl (C=O) groups is 1. The number of halogens is 3. The van der Waals surface area contributed by atoms with Crippen LogP contribution >= 0.6 is 0 Å². The molecule has 140 valence electrons. The number of nitrogens with zero attached hydrogens (tertiary/aromatic N) is 2. The van der Waals surface area contributed by atoms with Crippen molar-refractivity contribution in [3.05, 3.63) is 83.7 Å². The van der Waals surface area contributed by atoms with Gasteiger partial charge in [0.25, 0.3) is 5.91 Å². The molecular formula is C21H14F3N3O. The minimum Gasteiger partial charge on any atom is -0.347 e. The fourth-order valence-corrected chi connectivity index (χ4v) is 3.00. The summed E-state index contributed by atoms with van der Waals surface area (Å²) in [6, 6.07) is 15.6. The average Bonchev–Trinajstić information content (AvgIpc) is 2.70. The lowest BCUT2D eigenvalue weighted by molar-refractivity contribution is -0.137. The highest BCUT2D eigenvalue weighted by Gasteiger charge is 2.30. The molecule has 0 saturated carbocycles. The van der Waals surface area contributed by atoms with Gasteiger partial charge >= 0.3 is 6.18 Å². The number of carbonyl (C=O) groups excluding carboxylic acids is 1. The highest BCUT2D eigenvalue weighted by atomic mass is 19.4. The molecule has 4 aromatic rings. The summed E-state index contributed by atoms with van der Waals surface area (Å²) in [6.07, 6.45) is -2.74. The lowest BCUT2D eigenvalue weighted by Crippen LogP contribution is -2.24. The Morgan fingerprint density at radius 3 is 2.61 bits per heavy atom. The van der Waals surface area contributed by atoms with Gasteiger partial charge in [-0.2, -0.15) is 13.2 Å². The van der Waals surface area contributed by atoms with Gasteiger partial charge < -0.3 is 5.32 Å². The third-order valence-corrected chi connectivity index (χ3v) is 4.43. The molecule has 0 saturated heterocycles. The summed E-state index contributed by atoms with van der Waals surface area (Å²) in [5.41, 5.74) is 1.47. The molecule has 2 aromatic heterocycles. The molecule has 1 N–H and O–H groups in total. The normalized spacial score (nSPS) is 11.7. The summed E-state index contributed by atoms with van der Waals surface area (Å²) in [6.45, 7) is 0.286. The lowest BCUT2D eigenvalue weighted by atomic mass is 10.1. The Labute approximate surface area is 158 Å². The van der Waals surface area contributed by atoms with Crippen LogP contribution in [0.4, 0.5) is 13.2 Å². The molecule has 0 fully saturated rings. The number of hydrogen-bond acceptors (Lipinski definition) is 3. The standard InChI is InChI=1S/C21H14F3N3O/c22-21(23,24)15-6-8-17-13(11-15)5-7-19(27-17)20(28)26-12-14-9-10-25-18-4-2-1-3-16(14)18/h1-11H,12H2,(H,26,28). The molecule has 0 aliphatic carbocycles. The Balaban J connectivity index is 1.55. The van der Waals surface area contributed by atoms with E-state index in [2.05, 4.69) is 15.3 Å². The minimum absolute atomic E-state index is 0.144. The van der Waals surface area contributed by atoms with Crippen LogP contribution in [0.1, 0.15) is 21.6 Å². The van der Waals surface area contributed by atoms with Crippen LogP contribution in [0.2, 0.25) is 0 Å². The Bertz CT molecular complexity index is 1180. The van der Waals surface area contributed by atoms with Gasteiger partial charge in [0, 0.05) is 23.5 Å². The molecule has 4 nitrogen and oxygen atoms in total. The van der Waals surface area contributed by atoms with Crippen LogP contribution in [-0.4, -0.2) is 15.9 Å². The predicted octanol–water partition coefficient (Wildman–Crippen LogP) is 4.73. The number of pyridine rings is 2. The summed E-state index contributed by atoms with van der Waals surface area (Å²) in [5.74, 6) is -0.400. The van der Waals surface area contributed by atoms with Gasteiger partial charge in [-0.3, -0.25) is 9.78 Å². The lowest BCUT2D eigenvalue weighted by Gasteiger charge is -2.09. The van der Waals surface area contributed by atoms with Crippen molar-refractivity contribution in [3.63, 3.8) is 0 Å². The fraction of sp³-hybridized carbons (Fsp3) is 0.0952. The SMILES string of the molecule is O=C(NCc1ccnc2ccccc12)c1ccc2cc(C(F)(F)F)ccc2n1. The predicted molar refractivity (Wildman–Crippen MR) is 99.7 cm³/mol. The third-order valence-electron chi connectivity index (χ3n) is 4.43. The molecule has 0 unspecified atom stereocenters. The van der Waals surface area contributed by atoms with Gasteiger partial charge in [0.05, 0.1) is 16.6 Å². The topological polar surface area (TPSA) is 54.9 Å². The Hall–Kier alpha value is -3.48. The van der Waals surface area contributed by atoms with Crippen LogP contribution in [0.15, 0.2) is 66.9 Å². The number of fused-ring (bicyclic) bond motifs is 2. The average molecular weight is 381 g/mol. The van der Waals surface area contributed by atoms with Crippen molar-refractivity contribution < 1.29 is 18.0 Å². The van der Waals surface area contributed by atoms with Gasteiger partial charge in [-0.05, 0) is 42.0 Å². The van der Waals surface area contributed by atoms with Crippen LogP contribution in [0.5, 0.6) is 0 Å². The van der Waals surface area contributed by atoms with Crippen molar-refractivity contribution in [2.45, 2.75) is 12.7 Å². The zero-order chi connectivity index (χ0) is 19.7. The number of rotatable bonds is 3. The van der Waals surface area contributed by atoms with Gasteiger partial charge in [-0.1, -0.05) is 24.3 Å². The maximum absolute atomic E-state index is 12.8. The van der Waals surface area contributed by atoms with E-state index in [-0.39, 0.29) is 12.2 Å². The zero-order valence-corrected chi connectivity index (χ0v) is 14.5. The van der Waals surface area contributed by atoms with Gasteiger partial charge in [-0.25, -0.2) is 4.98 Å². The maximum atomic E-state index is 12.8. The Kier molecular flexibility index (Phi) is 4.43. The monoisotopic (exact) mass is 381 g/mol. The second-order valence-electron chi connectivity index (χ2n) is 6.27. The largest absolute Gasteiger partial charge is 0.416 e. The molecule has 7 heteroatoms. The van der Waals surface area contributed by atoms with Crippen molar-refractivity contribution >= 4 is 27.7 Å². The number of para-hydroxylation sites is 1. The molecule has 28 heavy (non-hydrogen) atoms. The molecule has 0 atom stereocenters. The molecular weight excluding hydrogens is 367 g/mol. The summed E-state index contributed by atoms with van der Waals surface area (Å²) < 4.78 is 38.4. The van der Waals surface area contributed by atoms with E-state index in [1.165, 1.54) is 18.2 Å². The first-order valence-corrected chi connectivity index (χ1v) is 8.51. The molecule has 2 heterocycles. The van der Waals surface area contributed by atoms with E-state index in [1.807, 2.05) is 30.3 Å². The molecule has 1 amide bonds. The van der Waals surface area contributed by atoms with Crippen molar-refractivity contribution in [3.8, 4) is 0 Å². The molecule has 4 rings (SSSR count). The van der Waals surface area contributed by atoms with E-state index < -0.39 is 17.6 Å². The number of alkyl halides is 3. The number of benzene rings is 2. The van der Waals surface area contributed by atoms with E-state index in [4.69, 9.17) is 0 Å². The molecule has 0 bridgehead atoms. The first kappa shape index (κ1) is 17.9. The van der Waals surface area contributed by atoms with Gasteiger partial charge in [0.2, 0.25) is 0 Å². The van der Waals surface area contributed by atoms with Crippen LogP contribution in [0.25, 0.3) is 21.8 Å². The molecule has 2 aromatic carbocycles.